The van der Waals surface area contributed by atoms with Crippen LogP contribution < -0.4 is 19.5 Å². The number of rotatable bonds is 7. The van der Waals surface area contributed by atoms with Gasteiger partial charge in [0.05, 0.1) is 5.75 Å². The summed E-state index contributed by atoms with van der Waals surface area (Å²) in [5.41, 5.74) is 0.656. The van der Waals surface area contributed by atoms with Crippen LogP contribution in [0.1, 0.15) is 18.9 Å². The Morgan fingerprint density at radius 3 is 2.83 bits per heavy atom. The van der Waals surface area contributed by atoms with Gasteiger partial charge in [-0.1, -0.05) is 30.0 Å². The van der Waals surface area contributed by atoms with E-state index in [1.54, 1.807) is 18.2 Å². The summed E-state index contributed by atoms with van der Waals surface area (Å²) < 4.78 is 18.3. The fourth-order valence-electron chi connectivity index (χ4n) is 2.86. The predicted molar refractivity (Wildman–Crippen MR) is 108 cm³/mol. The Bertz CT molecular complexity index is 1010. The second-order valence-electron chi connectivity index (χ2n) is 6.38. The van der Waals surface area contributed by atoms with Gasteiger partial charge < -0.3 is 24.1 Å². The van der Waals surface area contributed by atoms with E-state index in [9.17, 15) is 4.79 Å². The summed E-state index contributed by atoms with van der Waals surface area (Å²) in [6.07, 6.45) is -0.272. The second-order valence-corrected chi connectivity index (χ2v) is 7.32. The van der Waals surface area contributed by atoms with Crippen molar-refractivity contribution in [3.05, 3.63) is 54.4 Å². The van der Waals surface area contributed by atoms with Crippen molar-refractivity contribution in [2.24, 2.45) is 7.05 Å². The highest BCUT2D eigenvalue weighted by Gasteiger charge is 2.18. The molecular formula is C20H20N4O4S. The monoisotopic (exact) mass is 412 g/mol. The Hall–Kier alpha value is -3.20. The van der Waals surface area contributed by atoms with Crippen molar-refractivity contribution >= 4 is 23.4 Å². The maximum atomic E-state index is 12.3. The lowest BCUT2D eigenvalue weighted by Gasteiger charge is -2.14. The molecule has 0 fully saturated rings. The molecule has 1 amide bonds. The fraction of sp³-hybridized carbons (Fsp3) is 0.250. The number of ether oxygens (including phenoxy) is 3. The zero-order valence-electron chi connectivity index (χ0n) is 16.0. The Morgan fingerprint density at radius 2 is 2.00 bits per heavy atom. The summed E-state index contributed by atoms with van der Waals surface area (Å²) >= 11 is 1.31. The van der Waals surface area contributed by atoms with Gasteiger partial charge in [-0.15, -0.1) is 10.2 Å². The summed E-state index contributed by atoms with van der Waals surface area (Å²) in [4.78, 5) is 12.3. The summed E-state index contributed by atoms with van der Waals surface area (Å²) in [5, 5.41) is 11.9. The molecule has 1 N–H and O–H groups in total. The van der Waals surface area contributed by atoms with Crippen LogP contribution in [0, 0.1) is 0 Å². The lowest BCUT2D eigenvalue weighted by atomic mass is 10.3. The van der Waals surface area contributed by atoms with Crippen LogP contribution in [0.4, 0.5) is 5.69 Å². The van der Waals surface area contributed by atoms with Crippen molar-refractivity contribution in [1.82, 2.24) is 14.8 Å². The largest absolute Gasteiger partial charge is 0.483 e. The van der Waals surface area contributed by atoms with Crippen LogP contribution in [-0.4, -0.2) is 33.2 Å². The summed E-state index contributed by atoms with van der Waals surface area (Å²) in [6.45, 7) is 2.11. The lowest BCUT2D eigenvalue weighted by Crippen LogP contribution is -2.14. The average molecular weight is 412 g/mol. The van der Waals surface area contributed by atoms with Gasteiger partial charge in [0.25, 0.3) is 0 Å². The van der Waals surface area contributed by atoms with Crippen molar-refractivity contribution in [2.75, 3.05) is 17.9 Å². The molecule has 8 nitrogen and oxygen atoms in total. The molecule has 0 bridgehead atoms. The highest BCUT2D eigenvalue weighted by atomic mass is 32.2. The van der Waals surface area contributed by atoms with E-state index >= 15 is 0 Å². The lowest BCUT2D eigenvalue weighted by molar-refractivity contribution is -0.113. The first kappa shape index (κ1) is 19.1. The van der Waals surface area contributed by atoms with Gasteiger partial charge in [0, 0.05) is 18.8 Å². The number of thioether (sulfide) groups is 1. The molecule has 1 aromatic heterocycles. The molecule has 29 heavy (non-hydrogen) atoms. The number of carbonyl (C=O) groups is 1. The topological polar surface area (TPSA) is 87.5 Å². The van der Waals surface area contributed by atoms with Gasteiger partial charge in [0.2, 0.25) is 12.7 Å². The Kier molecular flexibility index (Phi) is 5.57. The molecule has 1 aliphatic rings. The number of fused-ring (bicyclic) bond motifs is 1. The van der Waals surface area contributed by atoms with Crippen molar-refractivity contribution in [3.63, 3.8) is 0 Å². The smallest absolute Gasteiger partial charge is 0.234 e. The molecule has 0 saturated carbocycles. The van der Waals surface area contributed by atoms with E-state index in [1.807, 2.05) is 48.9 Å². The van der Waals surface area contributed by atoms with Crippen molar-refractivity contribution in [2.45, 2.75) is 18.2 Å². The highest BCUT2D eigenvalue weighted by molar-refractivity contribution is 7.99. The van der Waals surface area contributed by atoms with Crippen molar-refractivity contribution in [3.8, 4) is 17.2 Å². The van der Waals surface area contributed by atoms with Crippen LogP contribution in [0.3, 0.4) is 0 Å². The number of hydrogen-bond acceptors (Lipinski definition) is 7. The normalized spacial score (nSPS) is 13.2. The first-order chi connectivity index (χ1) is 14.1. The van der Waals surface area contributed by atoms with Gasteiger partial charge in [-0.3, -0.25) is 4.79 Å². The number of nitrogens with one attached hydrogen (secondary N) is 1. The zero-order valence-corrected chi connectivity index (χ0v) is 16.8. The first-order valence-electron chi connectivity index (χ1n) is 9.03. The van der Waals surface area contributed by atoms with E-state index in [0.717, 1.165) is 5.75 Å². The van der Waals surface area contributed by atoms with Crippen LogP contribution in [0.2, 0.25) is 0 Å². The van der Waals surface area contributed by atoms with Crippen LogP contribution in [-0.2, 0) is 11.8 Å². The molecule has 1 aliphatic heterocycles. The molecule has 9 heteroatoms. The Labute approximate surface area is 172 Å². The fourth-order valence-corrected chi connectivity index (χ4v) is 3.58. The zero-order chi connectivity index (χ0) is 20.2. The number of hydrogen-bond donors (Lipinski definition) is 1. The number of carbonyl (C=O) groups excluding carboxylic acids is 1. The van der Waals surface area contributed by atoms with E-state index in [4.69, 9.17) is 14.2 Å². The standard InChI is InChI=1S/C20H20N4O4S/c1-13(28-15-6-4-3-5-7-15)19-22-23-20(24(19)2)29-11-18(25)21-14-8-9-16-17(10-14)27-12-26-16/h3-10,13H,11-12H2,1-2H3,(H,21,25). The number of amides is 1. The molecule has 0 radical (unpaired) electrons. The third-order valence-corrected chi connectivity index (χ3v) is 5.30. The summed E-state index contributed by atoms with van der Waals surface area (Å²) in [7, 11) is 1.86. The van der Waals surface area contributed by atoms with E-state index in [0.29, 0.717) is 28.2 Å². The van der Waals surface area contributed by atoms with E-state index in [2.05, 4.69) is 15.5 Å². The van der Waals surface area contributed by atoms with Gasteiger partial charge in [0.15, 0.2) is 28.6 Å². The van der Waals surface area contributed by atoms with Gasteiger partial charge in [-0.05, 0) is 31.2 Å². The molecule has 1 atom stereocenters. The molecule has 150 valence electrons. The number of aromatic nitrogens is 3. The van der Waals surface area contributed by atoms with Gasteiger partial charge in [-0.25, -0.2) is 0 Å². The molecule has 0 aliphatic carbocycles. The van der Waals surface area contributed by atoms with Gasteiger partial charge in [0.1, 0.15) is 5.75 Å². The minimum Gasteiger partial charge on any atom is -0.483 e. The Balaban J connectivity index is 1.33. The third kappa shape index (κ3) is 4.45. The highest BCUT2D eigenvalue weighted by Crippen LogP contribution is 2.34. The Morgan fingerprint density at radius 1 is 1.21 bits per heavy atom. The van der Waals surface area contributed by atoms with Crippen LogP contribution in [0.5, 0.6) is 17.2 Å². The number of benzene rings is 2. The molecule has 2 heterocycles. The maximum Gasteiger partial charge on any atom is 0.234 e. The minimum atomic E-state index is -0.272. The molecule has 0 spiro atoms. The first-order valence-corrected chi connectivity index (χ1v) is 10.0. The van der Waals surface area contributed by atoms with E-state index < -0.39 is 0 Å². The summed E-state index contributed by atoms with van der Waals surface area (Å²) in [6, 6.07) is 14.8. The number of nitrogens with zero attached hydrogens (tertiary/aromatic N) is 3. The molecule has 3 aromatic rings. The third-order valence-electron chi connectivity index (χ3n) is 4.28. The molecular weight excluding hydrogens is 392 g/mol. The summed E-state index contributed by atoms with van der Waals surface area (Å²) in [5.74, 6) is 2.81. The molecule has 2 aromatic carbocycles. The average Bonchev–Trinajstić information content (AvgIpc) is 3.33. The quantitative estimate of drug-likeness (QED) is 0.595. The van der Waals surface area contributed by atoms with Gasteiger partial charge >= 0.3 is 0 Å². The number of para-hydroxylation sites is 1. The van der Waals surface area contributed by atoms with Crippen molar-refractivity contribution in [1.29, 1.82) is 0 Å². The van der Waals surface area contributed by atoms with E-state index in [1.165, 1.54) is 11.8 Å². The van der Waals surface area contributed by atoms with Gasteiger partial charge in [-0.2, -0.15) is 0 Å². The SMILES string of the molecule is CC(Oc1ccccc1)c1nnc(SCC(=O)Nc2ccc3c(c2)OCO3)n1C. The van der Waals surface area contributed by atoms with Crippen molar-refractivity contribution < 1.29 is 19.0 Å². The predicted octanol–water partition coefficient (Wildman–Crippen LogP) is 3.41. The van der Waals surface area contributed by atoms with Crippen LogP contribution in [0.15, 0.2) is 53.7 Å². The second kappa shape index (κ2) is 8.44. The molecule has 4 rings (SSSR count). The van der Waals surface area contributed by atoms with Crippen LogP contribution in [0.25, 0.3) is 0 Å². The maximum absolute atomic E-state index is 12.3. The van der Waals surface area contributed by atoms with E-state index in [-0.39, 0.29) is 24.6 Å². The minimum absolute atomic E-state index is 0.146. The van der Waals surface area contributed by atoms with Crippen LogP contribution >= 0.6 is 11.8 Å². The molecule has 1 unspecified atom stereocenters. The number of anilines is 1. The molecule has 0 saturated heterocycles.